The highest BCUT2D eigenvalue weighted by Crippen LogP contribution is 2.22. The largest absolute Gasteiger partial charge is 0.508 e. The molecule has 0 saturated carbocycles. The van der Waals surface area contributed by atoms with E-state index >= 15 is 0 Å². The number of rotatable bonds is 2. The first-order chi connectivity index (χ1) is 5.24. The van der Waals surface area contributed by atoms with E-state index in [4.69, 9.17) is 5.11 Å². The van der Waals surface area contributed by atoms with Crippen LogP contribution in [-0.4, -0.2) is 5.11 Å². The van der Waals surface area contributed by atoms with Crippen LogP contribution < -0.4 is 0 Å². The third-order valence-corrected chi connectivity index (χ3v) is 1.54. The molecule has 0 aromatic carbocycles. The molecule has 1 N–H and O–H groups in total. The number of aliphatic hydroxyl groups excluding tert-OH is 1. The molecule has 0 heterocycles. The summed E-state index contributed by atoms with van der Waals surface area (Å²) < 4.78 is 11.2. The third-order valence-electron chi connectivity index (χ3n) is 1.54. The standard InChI is InChI=1S/C7H9FO3/c1-5-2-3-6(9)7(4-5)10-11-8/h4,9H,2-3H2,1H3. The van der Waals surface area contributed by atoms with Gasteiger partial charge in [-0.15, -0.1) is 0 Å². The van der Waals surface area contributed by atoms with Crippen LogP contribution in [0.5, 0.6) is 0 Å². The Morgan fingerprint density at radius 3 is 2.91 bits per heavy atom. The van der Waals surface area contributed by atoms with Crippen molar-refractivity contribution < 1.29 is 19.6 Å². The summed E-state index contributed by atoms with van der Waals surface area (Å²) in [6.07, 6.45) is 2.78. The van der Waals surface area contributed by atoms with Gasteiger partial charge in [-0.05, 0) is 23.9 Å². The summed E-state index contributed by atoms with van der Waals surface area (Å²) in [5, 5.41) is 12.0. The fourth-order valence-corrected chi connectivity index (χ4v) is 0.924. The molecular weight excluding hydrogens is 151 g/mol. The van der Waals surface area contributed by atoms with E-state index in [-0.39, 0.29) is 11.5 Å². The summed E-state index contributed by atoms with van der Waals surface area (Å²) in [7, 11) is 0. The molecule has 11 heavy (non-hydrogen) atoms. The fraction of sp³-hybridized carbons (Fsp3) is 0.429. The van der Waals surface area contributed by atoms with Gasteiger partial charge in [-0.2, -0.15) is 0 Å². The zero-order valence-electron chi connectivity index (χ0n) is 6.13. The minimum absolute atomic E-state index is 0.0215. The first kappa shape index (κ1) is 8.07. The molecule has 0 unspecified atom stereocenters. The van der Waals surface area contributed by atoms with Crippen molar-refractivity contribution in [1.29, 1.82) is 0 Å². The van der Waals surface area contributed by atoms with Gasteiger partial charge < -0.3 is 9.99 Å². The van der Waals surface area contributed by atoms with Crippen molar-refractivity contribution in [2.45, 2.75) is 19.8 Å². The van der Waals surface area contributed by atoms with Gasteiger partial charge in [0.1, 0.15) is 5.76 Å². The van der Waals surface area contributed by atoms with Crippen molar-refractivity contribution in [3.63, 3.8) is 0 Å². The van der Waals surface area contributed by atoms with E-state index in [1.54, 1.807) is 6.08 Å². The van der Waals surface area contributed by atoms with Gasteiger partial charge in [0, 0.05) is 11.5 Å². The molecule has 0 radical (unpaired) electrons. The number of allylic oxidation sites excluding steroid dienone is 3. The highest BCUT2D eigenvalue weighted by Gasteiger charge is 2.12. The predicted molar refractivity (Wildman–Crippen MR) is 35.9 cm³/mol. The van der Waals surface area contributed by atoms with Crippen LogP contribution in [0, 0.1) is 0 Å². The van der Waals surface area contributed by atoms with E-state index in [0.717, 1.165) is 12.0 Å². The Hall–Kier alpha value is -1.03. The van der Waals surface area contributed by atoms with Gasteiger partial charge in [0.25, 0.3) is 0 Å². The Morgan fingerprint density at radius 2 is 2.27 bits per heavy atom. The Labute approximate surface area is 63.6 Å². The molecule has 1 aliphatic rings. The Kier molecular flexibility index (Phi) is 2.48. The molecule has 0 fully saturated rings. The van der Waals surface area contributed by atoms with Crippen LogP contribution in [0.2, 0.25) is 0 Å². The molecule has 0 spiro atoms. The molecule has 0 aromatic heterocycles. The minimum atomic E-state index is 0.0215. The van der Waals surface area contributed by atoms with Crippen LogP contribution >= 0.6 is 0 Å². The lowest BCUT2D eigenvalue weighted by Gasteiger charge is -2.10. The smallest absolute Gasteiger partial charge is 0.206 e. The van der Waals surface area contributed by atoms with Gasteiger partial charge in [-0.25, -0.2) is 0 Å². The maximum atomic E-state index is 11.2. The molecule has 4 heteroatoms. The molecule has 0 aromatic rings. The monoisotopic (exact) mass is 160 g/mol. The summed E-state index contributed by atoms with van der Waals surface area (Å²) >= 11 is 0. The van der Waals surface area contributed by atoms with Crippen LogP contribution in [0.4, 0.5) is 4.53 Å². The Bertz CT molecular complexity index is 208. The SMILES string of the molecule is CC1=CC(OOF)=C(O)CC1. The number of aliphatic hydroxyl groups is 1. The van der Waals surface area contributed by atoms with Crippen molar-refractivity contribution in [3.05, 3.63) is 23.2 Å². The lowest BCUT2D eigenvalue weighted by molar-refractivity contribution is -0.406. The molecule has 0 atom stereocenters. The second kappa shape index (κ2) is 3.39. The molecule has 1 aliphatic carbocycles. The van der Waals surface area contributed by atoms with E-state index in [2.05, 4.69) is 9.98 Å². The molecule has 0 amide bonds. The van der Waals surface area contributed by atoms with Crippen molar-refractivity contribution in [3.8, 4) is 0 Å². The summed E-state index contributed by atoms with van der Waals surface area (Å²) in [5.74, 6) is 0.0736. The molecule has 62 valence electrons. The van der Waals surface area contributed by atoms with Crippen LogP contribution in [0.15, 0.2) is 23.2 Å². The average molecular weight is 160 g/mol. The van der Waals surface area contributed by atoms with Crippen molar-refractivity contribution >= 4 is 0 Å². The third kappa shape index (κ3) is 1.94. The predicted octanol–water partition coefficient (Wildman–Crippen LogP) is 2.33. The molecule has 0 saturated heterocycles. The van der Waals surface area contributed by atoms with Crippen molar-refractivity contribution in [2.24, 2.45) is 0 Å². The van der Waals surface area contributed by atoms with Crippen molar-refractivity contribution in [2.75, 3.05) is 0 Å². The van der Waals surface area contributed by atoms with E-state index in [1.165, 1.54) is 0 Å². The van der Waals surface area contributed by atoms with E-state index < -0.39 is 0 Å². The number of halogens is 1. The normalized spacial score (nSPS) is 18.2. The first-order valence-electron chi connectivity index (χ1n) is 3.28. The molecule has 0 bridgehead atoms. The Balaban J connectivity index is 2.71. The van der Waals surface area contributed by atoms with Crippen molar-refractivity contribution in [1.82, 2.24) is 0 Å². The van der Waals surface area contributed by atoms with Gasteiger partial charge in [-0.1, -0.05) is 5.57 Å². The van der Waals surface area contributed by atoms with Gasteiger partial charge in [-0.3, -0.25) is 0 Å². The summed E-state index contributed by atoms with van der Waals surface area (Å²) in [4.78, 5) is 4.05. The first-order valence-corrected chi connectivity index (χ1v) is 3.28. The van der Waals surface area contributed by atoms with Crippen LogP contribution in [0.1, 0.15) is 19.8 Å². The van der Waals surface area contributed by atoms with E-state index in [1.807, 2.05) is 6.92 Å². The highest BCUT2D eigenvalue weighted by molar-refractivity contribution is 5.24. The summed E-state index contributed by atoms with van der Waals surface area (Å²) in [6, 6.07) is 0. The van der Waals surface area contributed by atoms with E-state index in [9.17, 15) is 4.53 Å². The Morgan fingerprint density at radius 1 is 1.55 bits per heavy atom. The summed E-state index contributed by atoms with van der Waals surface area (Å²) in [6.45, 7) is 1.87. The number of hydrogen-bond donors (Lipinski definition) is 1. The highest BCUT2D eigenvalue weighted by atomic mass is 19.3. The maximum absolute atomic E-state index is 11.2. The van der Waals surface area contributed by atoms with Crippen LogP contribution in [0.25, 0.3) is 0 Å². The van der Waals surface area contributed by atoms with Crippen LogP contribution in [-0.2, 0) is 9.98 Å². The van der Waals surface area contributed by atoms with Crippen LogP contribution in [0.3, 0.4) is 0 Å². The topological polar surface area (TPSA) is 38.7 Å². The lowest BCUT2D eigenvalue weighted by Crippen LogP contribution is -1.99. The molecular formula is C7H9FO3. The number of hydrogen-bond acceptors (Lipinski definition) is 3. The lowest BCUT2D eigenvalue weighted by atomic mass is 10.0. The maximum Gasteiger partial charge on any atom is 0.206 e. The van der Waals surface area contributed by atoms with Gasteiger partial charge in [0.2, 0.25) is 5.76 Å². The quantitative estimate of drug-likeness (QED) is 0.497. The second-order valence-corrected chi connectivity index (χ2v) is 2.45. The zero-order valence-corrected chi connectivity index (χ0v) is 6.13. The van der Waals surface area contributed by atoms with Gasteiger partial charge in [0.05, 0.1) is 0 Å². The zero-order chi connectivity index (χ0) is 8.27. The minimum Gasteiger partial charge on any atom is -0.508 e. The molecule has 3 nitrogen and oxygen atoms in total. The summed E-state index contributed by atoms with van der Waals surface area (Å²) in [5.41, 5.74) is 1.02. The van der Waals surface area contributed by atoms with Gasteiger partial charge >= 0.3 is 0 Å². The van der Waals surface area contributed by atoms with E-state index in [0.29, 0.717) is 6.42 Å². The average Bonchev–Trinajstić information content (AvgIpc) is 1.98. The molecule has 0 aliphatic heterocycles. The molecule has 1 rings (SSSR count). The fourth-order valence-electron chi connectivity index (χ4n) is 0.924. The van der Waals surface area contributed by atoms with Gasteiger partial charge in [0.15, 0.2) is 0 Å². The second-order valence-electron chi connectivity index (χ2n) is 2.45.